The summed E-state index contributed by atoms with van der Waals surface area (Å²) in [4.78, 5) is 0. The molecule has 1 unspecified atom stereocenters. The average Bonchev–Trinajstić information content (AvgIpc) is 2.70. The van der Waals surface area contributed by atoms with Gasteiger partial charge in [-0.15, -0.1) is 0 Å². The number of rotatable bonds is 9. The van der Waals surface area contributed by atoms with Crippen LogP contribution in [0.2, 0.25) is 0 Å². The summed E-state index contributed by atoms with van der Waals surface area (Å²) in [7, 11) is -3.35. The monoisotopic (exact) mass is 394 g/mol. The molecule has 0 saturated heterocycles. The van der Waals surface area contributed by atoms with E-state index in [1.807, 2.05) is 60.7 Å². The largest absolute Gasteiger partial charge is 0.379 e. The van der Waals surface area contributed by atoms with E-state index < -0.39 is 10.0 Å². The number of anilines is 2. The van der Waals surface area contributed by atoms with E-state index in [4.69, 9.17) is 0 Å². The first kappa shape index (κ1) is 20.0. The van der Waals surface area contributed by atoms with Crippen molar-refractivity contribution in [3.05, 3.63) is 96.1 Å². The van der Waals surface area contributed by atoms with Gasteiger partial charge in [-0.2, -0.15) is 0 Å². The zero-order valence-corrected chi connectivity index (χ0v) is 16.8. The van der Waals surface area contributed by atoms with Crippen LogP contribution in [0.3, 0.4) is 0 Å². The molecule has 0 aliphatic carbocycles. The Bertz CT molecular complexity index is 957. The van der Waals surface area contributed by atoms with Crippen LogP contribution in [0, 0.1) is 0 Å². The Labute approximate surface area is 167 Å². The lowest BCUT2D eigenvalue weighted by atomic mass is 10.1. The number of hydrogen-bond donors (Lipinski definition) is 2. The van der Waals surface area contributed by atoms with Crippen molar-refractivity contribution < 1.29 is 8.42 Å². The Morgan fingerprint density at radius 1 is 0.786 bits per heavy atom. The maximum absolute atomic E-state index is 12.3. The van der Waals surface area contributed by atoms with Gasteiger partial charge in [0.05, 0.1) is 5.75 Å². The molecule has 0 radical (unpaired) electrons. The minimum absolute atomic E-state index is 0.104. The van der Waals surface area contributed by atoms with E-state index in [9.17, 15) is 8.42 Å². The third-order valence-electron chi connectivity index (χ3n) is 4.56. The van der Waals surface area contributed by atoms with E-state index in [1.54, 1.807) is 12.1 Å². The highest BCUT2D eigenvalue weighted by atomic mass is 32.2. The summed E-state index contributed by atoms with van der Waals surface area (Å²) in [6.07, 6.45) is 1.34. The van der Waals surface area contributed by atoms with Crippen LogP contribution in [0.15, 0.2) is 84.9 Å². The lowest BCUT2D eigenvalue weighted by Crippen LogP contribution is -2.17. The molecule has 3 aromatic rings. The van der Waals surface area contributed by atoms with E-state index >= 15 is 0 Å². The van der Waals surface area contributed by atoms with Crippen LogP contribution in [0.1, 0.15) is 30.5 Å². The Hall–Kier alpha value is -2.79. The van der Waals surface area contributed by atoms with E-state index in [0.717, 1.165) is 17.7 Å². The van der Waals surface area contributed by atoms with Crippen LogP contribution in [0.5, 0.6) is 0 Å². The number of hydrogen-bond acceptors (Lipinski definition) is 3. The average molecular weight is 395 g/mol. The molecule has 3 rings (SSSR count). The van der Waals surface area contributed by atoms with Crippen molar-refractivity contribution in [1.82, 2.24) is 0 Å². The van der Waals surface area contributed by atoms with Crippen LogP contribution in [-0.2, 0) is 16.4 Å². The van der Waals surface area contributed by atoms with Gasteiger partial charge in [0.2, 0.25) is 10.0 Å². The van der Waals surface area contributed by atoms with Gasteiger partial charge in [-0.05, 0) is 55.2 Å². The van der Waals surface area contributed by atoms with Crippen LogP contribution in [-0.4, -0.2) is 14.2 Å². The third kappa shape index (κ3) is 6.13. The predicted molar refractivity (Wildman–Crippen MR) is 117 cm³/mol. The molecule has 1 atom stereocenters. The second-order valence-corrected chi connectivity index (χ2v) is 8.71. The molecule has 3 aromatic carbocycles. The molecule has 0 fully saturated rings. The maximum atomic E-state index is 12.3. The second-order valence-electron chi connectivity index (χ2n) is 6.86. The van der Waals surface area contributed by atoms with Crippen molar-refractivity contribution in [3.63, 3.8) is 0 Å². The first-order chi connectivity index (χ1) is 13.5. The van der Waals surface area contributed by atoms with E-state index in [0.29, 0.717) is 12.1 Å². The molecule has 0 spiro atoms. The minimum Gasteiger partial charge on any atom is -0.379 e. The molecule has 0 amide bonds. The Morgan fingerprint density at radius 3 is 2.00 bits per heavy atom. The van der Waals surface area contributed by atoms with Crippen molar-refractivity contribution in [2.45, 2.75) is 25.8 Å². The van der Waals surface area contributed by atoms with Gasteiger partial charge >= 0.3 is 0 Å². The van der Waals surface area contributed by atoms with Crippen molar-refractivity contribution in [2.75, 3.05) is 15.8 Å². The van der Waals surface area contributed by atoms with Crippen LogP contribution in [0.25, 0.3) is 0 Å². The van der Waals surface area contributed by atoms with E-state index in [2.05, 4.69) is 29.1 Å². The van der Waals surface area contributed by atoms with Crippen molar-refractivity contribution in [1.29, 1.82) is 0 Å². The number of aryl methyl sites for hydroxylation is 1. The van der Waals surface area contributed by atoms with E-state index in [-0.39, 0.29) is 11.8 Å². The minimum atomic E-state index is -3.35. The quantitative estimate of drug-likeness (QED) is 0.522. The van der Waals surface area contributed by atoms with Gasteiger partial charge in [-0.25, -0.2) is 8.42 Å². The molecule has 28 heavy (non-hydrogen) atoms. The summed E-state index contributed by atoms with van der Waals surface area (Å²) in [6.45, 7) is 2.10. The summed E-state index contributed by atoms with van der Waals surface area (Å²) in [5.41, 5.74) is 3.88. The summed E-state index contributed by atoms with van der Waals surface area (Å²) in [5.74, 6) is 0.104. The summed E-state index contributed by atoms with van der Waals surface area (Å²) in [5, 5.41) is 3.42. The smallest absolute Gasteiger partial charge is 0.232 e. The van der Waals surface area contributed by atoms with Gasteiger partial charge in [-0.3, -0.25) is 4.72 Å². The van der Waals surface area contributed by atoms with Gasteiger partial charge in [0.15, 0.2) is 0 Å². The normalized spacial score (nSPS) is 12.3. The molecule has 0 saturated carbocycles. The molecule has 0 aromatic heterocycles. The molecule has 2 N–H and O–H groups in total. The molecule has 0 aliphatic rings. The number of benzene rings is 3. The van der Waals surface area contributed by atoms with Gasteiger partial charge in [0.1, 0.15) is 0 Å². The topological polar surface area (TPSA) is 58.2 Å². The van der Waals surface area contributed by atoms with Gasteiger partial charge < -0.3 is 5.32 Å². The van der Waals surface area contributed by atoms with Gasteiger partial charge in [0.25, 0.3) is 0 Å². The molecule has 4 nitrogen and oxygen atoms in total. The molecular formula is C23H26N2O2S. The summed E-state index contributed by atoms with van der Waals surface area (Å²) < 4.78 is 27.3. The fourth-order valence-electron chi connectivity index (χ4n) is 3.05. The molecule has 0 aliphatic heterocycles. The van der Waals surface area contributed by atoms with Crippen LogP contribution in [0.4, 0.5) is 11.4 Å². The lowest BCUT2D eigenvalue weighted by Gasteiger charge is -2.16. The summed E-state index contributed by atoms with van der Waals surface area (Å²) in [6, 6.07) is 27.6. The zero-order chi connectivity index (χ0) is 19.8. The second kappa shape index (κ2) is 9.42. The fraction of sp³-hybridized carbons (Fsp3) is 0.217. The fourth-order valence-corrected chi connectivity index (χ4v) is 4.17. The molecular weight excluding hydrogens is 368 g/mol. The number of nitrogens with one attached hydrogen (secondary N) is 2. The molecule has 0 bridgehead atoms. The maximum Gasteiger partial charge on any atom is 0.232 e. The van der Waals surface area contributed by atoms with Crippen molar-refractivity contribution in [3.8, 4) is 0 Å². The Morgan fingerprint density at radius 2 is 1.36 bits per heavy atom. The SMILES string of the molecule is CC(Nc1ccc(NS(=O)(=O)CCCc2ccccc2)cc1)c1ccccc1. The van der Waals surface area contributed by atoms with Gasteiger partial charge in [-0.1, -0.05) is 60.7 Å². The first-order valence-corrected chi connectivity index (χ1v) is 11.1. The van der Waals surface area contributed by atoms with Crippen LogP contribution < -0.4 is 10.0 Å². The highest BCUT2D eigenvalue weighted by molar-refractivity contribution is 7.92. The molecule has 0 heterocycles. The standard InChI is InChI=1S/C23H26N2O2S/c1-19(21-12-6-3-7-13-21)24-22-14-16-23(17-15-22)25-28(26,27)18-8-11-20-9-4-2-5-10-20/h2-7,9-10,12-17,19,24-25H,8,11,18H2,1H3. The third-order valence-corrected chi connectivity index (χ3v) is 5.94. The predicted octanol–water partition coefficient (Wildman–Crippen LogP) is 5.23. The number of sulfonamides is 1. The van der Waals surface area contributed by atoms with Crippen molar-refractivity contribution in [2.24, 2.45) is 0 Å². The molecule has 146 valence electrons. The first-order valence-electron chi connectivity index (χ1n) is 9.48. The van der Waals surface area contributed by atoms with Gasteiger partial charge in [0, 0.05) is 17.4 Å². The zero-order valence-electron chi connectivity index (χ0n) is 16.0. The van der Waals surface area contributed by atoms with Crippen molar-refractivity contribution >= 4 is 21.4 Å². The summed E-state index contributed by atoms with van der Waals surface area (Å²) >= 11 is 0. The van der Waals surface area contributed by atoms with Crippen LogP contribution >= 0.6 is 0 Å². The Kier molecular flexibility index (Phi) is 6.71. The highest BCUT2D eigenvalue weighted by Gasteiger charge is 2.11. The highest BCUT2D eigenvalue weighted by Crippen LogP contribution is 2.21. The van der Waals surface area contributed by atoms with E-state index in [1.165, 1.54) is 5.56 Å². The lowest BCUT2D eigenvalue weighted by molar-refractivity contribution is 0.598. The molecule has 5 heteroatoms. The Balaban J connectivity index is 1.51.